The van der Waals surface area contributed by atoms with Gasteiger partial charge in [0.2, 0.25) is 5.60 Å². The minimum atomic E-state index is -5.16. The van der Waals surface area contributed by atoms with Gasteiger partial charge in [0.25, 0.3) is 5.91 Å². The molecule has 26 heavy (non-hydrogen) atoms. The highest BCUT2D eigenvalue weighted by molar-refractivity contribution is 5.95. The molecule has 2 N–H and O–H groups in total. The molecule has 1 atom stereocenters. The first-order valence-corrected chi connectivity index (χ1v) is 7.26. The molecule has 0 radical (unpaired) electrons. The first-order chi connectivity index (χ1) is 12.0. The molecule has 0 saturated carbocycles. The van der Waals surface area contributed by atoms with Crippen LogP contribution in [0, 0.1) is 0 Å². The van der Waals surface area contributed by atoms with E-state index >= 15 is 0 Å². The van der Waals surface area contributed by atoms with Gasteiger partial charge in [0.05, 0.1) is 17.7 Å². The number of amides is 1. The van der Waals surface area contributed by atoms with E-state index in [2.05, 4.69) is 0 Å². The van der Waals surface area contributed by atoms with Gasteiger partial charge in [-0.15, -0.1) is 0 Å². The molecule has 0 spiro atoms. The zero-order valence-corrected chi connectivity index (χ0v) is 13.0. The number of hydrogen-bond donors (Lipinski definition) is 2. The lowest BCUT2D eigenvalue weighted by molar-refractivity contribution is -0.263. The van der Waals surface area contributed by atoms with E-state index in [1.165, 1.54) is 18.2 Å². The zero-order valence-electron chi connectivity index (χ0n) is 13.0. The van der Waals surface area contributed by atoms with Gasteiger partial charge in [0.1, 0.15) is 0 Å². The Labute approximate surface area is 144 Å². The van der Waals surface area contributed by atoms with Crippen LogP contribution in [0.4, 0.5) is 26.3 Å². The lowest BCUT2D eigenvalue weighted by Crippen LogP contribution is -2.51. The first-order valence-electron chi connectivity index (χ1n) is 7.26. The number of carbonyl (C=O) groups excluding carboxylic acids is 1. The second-order valence-corrected chi connectivity index (χ2v) is 5.45. The molecule has 0 saturated heterocycles. The predicted molar refractivity (Wildman–Crippen MR) is 80.2 cm³/mol. The molecule has 0 aliphatic heterocycles. The van der Waals surface area contributed by atoms with Crippen molar-refractivity contribution in [1.29, 1.82) is 0 Å². The number of halogens is 6. The summed E-state index contributed by atoms with van der Waals surface area (Å²) in [6.45, 7) is -1.34. The van der Waals surface area contributed by atoms with E-state index in [1.54, 1.807) is 5.32 Å². The molecule has 0 unspecified atom stereocenters. The molecule has 0 fully saturated rings. The van der Waals surface area contributed by atoms with Crippen molar-refractivity contribution >= 4 is 5.91 Å². The summed E-state index contributed by atoms with van der Waals surface area (Å²) in [6, 6.07) is 9.63. The Balaban J connectivity index is 2.30. The maximum atomic E-state index is 13.3. The number of carbonyl (C=O) groups is 1. The third-order valence-corrected chi connectivity index (χ3v) is 3.70. The molecule has 1 amide bonds. The van der Waals surface area contributed by atoms with Crippen molar-refractivity contribution in [3.05, 3.63) is 71.3 Å². The Bertz CT molecular complexity index is 773. The van der Waals surface area contributed by atoms with Crippen molar-refractivity contribution in [1.82, 2.24) is 5.32 Å². The molecule has 0 aliphatic rings. The maximum Gasteiger partial charge on any atom is 0.423 e. The molecule has 140 valence electrons. The fraction of sp³-hybridized carbons (Fsp3) is 0.235. The van der Waals surface area contributed by atoms with E-state index in [9.17, 15) is 36.2 Å². The van der Waals surface area contributed by atoms with E-state index in [4.69, 9.17) is 0 Å². The summed E-state index contributed by atoms with van der Waals surface area (Å²) < 4.78 is 78.8. The monoisotopic (exact) mass is 377 g/mol. The molecule has 0 heterocycles. The van der Waals surface area contributed by atoms with Crippen molar-refractivity contribution in [2.75, 3.05) is 6.54 Å². The fourth-order valence-electron chi connectivity index (χ4n) is 2.31. The van der Waals surface area contributed by atoms with Gasteiger partial charge in [-0.1, -0.05) is 42.5 Å². The summed E-state index contributed by atoms with van der Waals surface area (Å²) in [5, 5.41) is 11.8. The van der Waals surface area contributed by atoms with Gasteiger partial charge in [0, 0.05) is 0 Å². The minimum absolute atomic E-state index is 0.545. The molecule has 0 aliphatic carbocycles. The SMILES string of the molecule is O=C(NC[C@](O)(c1ccccc1)C(F)(F)F)c1ccccc1C(F)(F)F. The van der Waals surface area contributed by atoms with Gasteiger partial charge >= 0.3 is 12.4 Å². The second-order valence-electron chi connectivity index (χ2n) is 5.45. The molecule has 2 aromatic carbocycles. The van der Waals surface area contributed by atoms with Gasteiger partial charge in [-0.25, -0.2) is 0 Å². The van der Waals surface area contributed by atoms with Crippen LogP contribution in [0.2, 0.25) is 0 Å². The first kappa shape index (κ1) is 19.8. The summed E-state index contributed by atoms with van der Waals surface area (Å²) in [5.74, 6) is -1.38. The summed E-state index contributed by atoms with van der Waals surface area (Å²) in [5.41, 5.74) is -6.11. The van der Waals surface area contributed by atoms with Crippen LogP contribution in [0.15, 0.2) is 54.6 Å². The number of benzene rings is 2. The van der Waals surface area contributed by atoms with E-state index < -0.39 is 47.1 Å². The fourth-order valence-corrected chi connectivity index (χ4v) is 2.31. The third-order valence-electron chi connectivity index (χ3n) is 3.70. The van der Waals surface area contributed by atoms with Gasteiger partial charge in [-0.3, -0.25) is 4.79 Å². The Morgan fingerprint density at radius 3 is 1.96 bits per heavy atom. The van der Waals surface area contributed by atoms with Crippen LogP contribution < -0.4 is 5.32 Å². The molecule has 2 rings (SSSR count). The Hall–Kier alpha value is -2.55. The van der Waals surface area contributed by atoms with Crippen LogP contribution in [-0.4, -0.2) is 23.7 Å². The second kappa shape index (κ2) is 6.99. The van der Waals surface area contributed by atoms with Gasteiger partial charge in [-0.2, -0.15) is 26.3 Å². The maximum absolute atomic E-state index is 13.3. The summed E-state index contributed by atoms with van der Waals surface area (Å²) >= 11 is 0. The average molecular weight is 377 g/mol. The van der Waals surface area contributed by atoms with Crippen LogP contribution in [0.25, 0.3) is 0 Å². The predicted octanol–water partition coefficient (Wildman–Crippen LogP) is 3.89. The van der Waals surface area contributed by atoms with Crippen molar-refractivity contribution in [2.45, 2.75) is 18.0 Å². The quantitative estimate of drug-likeness (QED) is 0.795. The van der Waals surface area contributed by atoms with Crippen molar-refractivity contribution in [3.8, 4) is 0 Å². The number of aliphatic hydroxyl groups is 1. The molecule has 2 aromatic rings. The van der Waals surface area contributed by atoms with Crippen LogP contribution in [0.1, 0.15) is 21.5 Å². The Morgan fingerprint density at radius 1 is 0.885 bits per heavy atom. The van der Waals surface area contributed by atoms with Crippen LogP contribution in [-0.2, 0) is 11.8 Å². The Morgan fingerprint density at radius 2 is 1.42 bits per heavy atom. The molecule has 9 heteroatoms. The summed E-state index contributed by atoms with van der Waals surface area (Å²) in [7, 11) is 0. The highest BCUT2D eigenvalue weighted by Gasteiger charge is 2.55. The number of nitrogens with one attached hydrogen (secondary N) is 1. The zero-order chi connectivity index (χ0) is 19.6. The highest BCUT2D eigenvalue weighted by Crippen LogP contribution is 2.38. The summed E-state index contributed by atoms with van der Waals surface area (Å²) in [6.07, 6.45) is -10.0. The highest BCUT2D eigenvalue weighted by atomic mass is 19.4. The number of rotatable bonds is 4. The number of hydrogen-bond acceptors (Lipinski definition) is 2. The smallest absolute Gasteiger partial charge is 0.375 e. The molecule has 0 aromatic heterocycles. The third kappa shape index (κ3) is 3.98. The van der Waals surface area contributed by atoms with E-state index in [1.807, 2.05) is 0 Å². The van der Waals surface area contributed by atoms with Crippen molar-refractivity contribution < 1.29 is 36.2 Å². The van der Waals surface area contributed by atoms with E-state index in [0.29, 0.717) is 6.07 Å². The van der Waals surface area contributed by atoms with Gasteiger partial charge in [-0.05, 0) is 17.7 Å². The number of alkyl halides is 6. The normalized spacial score (nSPS) is 14.6. The largest absolute Gasteiger partial charge is 0.423 e. The van der Waals surface area contributed by atoms with E-state index in [0.717, 1.165) is 30.3 Å². The van der Waals surface area contributed by atoms with Crippen molar-refractivity contribution in [3.63, 3.8) is 0 Å². The van der Waals surface area contributed by atoms with Crippen molar-refractivity contribution in [2.24, 2.45) is 0 Å². The topological polar surface area (TPSA) is 49.3 Å². The minimum Gasteiger partial charge on any atom is -0.375 e. The standard InChI is InChI=1S/C17H13F6NO2/c18-16(19,20)13-9-5-4-8-12(13)14(25)24-10-15(26,17(21,22)23)11-6-2-1-3-7-11/h1-9,26H,10H2,(H,24,25)/t15-/m0/s1. The van der Waals surface area contributed by atoms with Crippen LogP contribution in [0.3, 0.4) is 0 Å². The molecule has 0 bridgehead atoms. The van der Waals surface area contributed by atoms with E-state index in [-0.39, 0.29) is 0 Å². The summed E-state index contributed by atoms with van der Waals surface area (Å²) in [4.78, 5) is 12.0. The van der Waals surface area contributed by atoms with Crippen LogP contribution in [0.5, 0.6) is 0 Å². The Kier molecular flexibility index (Phi) is 5.31. The lowest BCUT2D eigenvalue weighted by Gasteiger charge is -2.31. The lowest BCUT2D eigenvalue weighted by atomic mass is 9.92. The van der Waals surface area contributed by atoms with Crippen LogP contribution >= 0.6 is 0 Å². The van der Waals surface area contributed by atoms with Gasteiger partial charge < -0.3 is 10.4 Å². The molecule has 3 nitrogen and oxygen atoms in total. The molecular weight excluding hydrogens is 364 g/mol. The van der Waals surface area contributed by atoms with Gasteiger partial charge in [0.15, 0.2) is 0 Å². The molecular formula is C17H13F6NO2. The average Bonchev–Trinajstić information content (AvgIpc) is 2.58.